The van der Waals surface area contributed by atoms with Crippen molar-refractivity contribution >= 4 is 34.2 Å². The molecule has 1 atom stereocenters. The van der Waals surface area contributed by atoms with E-state index in [4.69, 9.17) is 11.6 Å². The van der Waals surface area contributed by atoms with Crippen LogP contribution in [0.3, 0.4) is 0 Å². The first-order valence-electron chi connectivity index (χ1n) is 11.1. The van der Waals surface area contributed by atoms with Crippen LogP contribution in [-0.4, -0.2) is 46.5 Å². The second-order valence-electron chi connectivity index (χ2n) is 8.46. The number of benzene rings is 2. The van der Waals surface area contributed by atoms with Crippen LogP contribution in [0.1, 0.15) is 30.9 Å². The summed E-state index contributed by atoms with van der Waals surface area (Å²) in [5, 5.41) is 4.46. The Labute approximate surface area is 193 Å². The van der Waals surface area contributed by atoms with Crippen LogP contribution in [0.4, 0.5) is 10.5 Å². The molecule has 32 heavy (non-hydrogen) atoms. The minimum atomic E-state index is -0.237. The highest BCUT2D eigenvalue weighted by molar-refractivity contribution is 6.30. The molecule has 0 radical (unpaired) electrons. The number of nitrogens with zero attached hydrogens (tertiary/aromatic N) is 2. The molecule has 1 aromatic heterocycles. The number of urea groups is 1. The third kappa shape index (κ3) is 5.14. The van der Waals surface area contributed by atoms with Crippen LogP contribution in [0.15, 0.2) is 53.3 Å². The number of pyridine rings is 1. The maximum Gasteiger partial charge on any atom is 0.322 e. The van der Waals surface area contributed by atoms with Gasteiger partial charge >= 0.3 is 6.03 Å². The number of H-pyrrole nitrogens is 1. The minimum absolute atomic E-state index is 0.164. The lowest BCUT2D eigenvalue weighted by Crippen LogP contribution is -2.45. The SMILES string of the molecule is CCN1CCCC1CN(Cc1cc2ccc(C)cc2[nH]c1=O)C(=O)Nc1cccc(Cl)c1. The van der Waals surface area contributed by atoms with E-state index in [1.807, 2.05) is 31.2 Å². The van der Waals surface area contributed by atoms with Gasteiger partial charge in [-0.05, 0) is 74.1 Å². The van der Waals surface area contributed by atoms with Gasteiger partial charge in [0.2, 0.25) is 0 Å². The summed E-state index contributed by atoms with van der Waals surface area (Å²) < 4.78 is 0. The molecule has 2 N–H and O–H groups in total. The number of hydrogen-bond donors (Lipinski definition) is 2. The molecule has 3 aromatic rings. The van der Waals surface area contributed by atoms with Gasteiger partial charge in [-0.15, -0.1) is 0 Å². The predicted molar refractivity (Wildman–Crippen MR) is 130 cm³/mol. The fourth-order valence-electron chi connectivity index (χ4n) is 4.44. The number of aryl methyl sites for hydroxylation is 1. The average molecular weight is 453 g/mol. The Hall–Kier alpha value is -2.83. The molecule has 168 valence electrons. The summed E-state index contributed by atoms with van der Waals surface area (Å²) in [5.41, 5.74) is 2.94. The van der Waals surface area contributed by atoms with Crippen molar-refractivity contribution in [3.05, 3.63) is 75.0 Å². The lowest BCUT2D eigenvalue weighted by molar-refractivity contribution is 0.174. The Balaban J connectivity index is 1.61. The summed E-state index contributed by atoms with van der Waals surface area (Å²) in [6.45, 7) is 6.93. The predicted octanol–water partition coefficient (Wildman–Crippen LogP) is 5.01. The Morgan fingerprint density at radius 1 is 1.25 bits per heavy atom. The van der Waals surface area contributed by atoms with Crippen LogP contribution in [-0.2, 0) is 6.54 Å². The zero-order valence-electron chi connectivity index (χ0n) is 18.5. The van der Waals surface area contributed by atoms with Gasteiger partial charge in [-0.2, -0.15) is 0 Å². The van der Waals surface area contributed by atoms with Crippen LogP contribution in [0.2, 0.25) is 5.02 Å². The first kappa shape index (κ1) is 22.4. The highest BCUT2D eigenvalue weighted by Crippen LogP contribution is 2.21. The third-order valence-electron chi connectivity index (χ3n) is 6.14. The maximum atomic E-state index is 13.3. The number of amides is 2. The zero-order chi connectivity index (χ0) is 22.7. The number of likely N-dealkylation sites (N-methyl/N-ethyl adjacent to an activating group) is 1. The molecular formula is C25H29ClN4O2. The summed E-state index contributed by atoms with van der Waals surface area (Å²) >= 11 is 6.08. The molecular weight excluding hydrogens is 424 g/mol. The summed E-state index contributed by atoms with van der Waals surface area (Å²) in [7, 11) is 0. The summed E-state index contributed by atoms with van der Waals surface area (Å²) in [4.78, 5) is 33.2. The van der Waals surface area contributed by atoms with E-state index in [0.717, 1.165) is 42.4 Å². The number of anilines is 1. The lowest BCUT2D eigenvalue weighted by Gasteiger charge is -2.30. The van der Waals surface area contributed by atoms with Gasteiger partial charge in [0.05, 0.1) is 6.54 Å². The van der Waals surface area contributed by atoms with Crippen LogP contribution in [0.25, 0.3) is 10.9 Å². The number of hydrogen-bond acceptors (Lipinski definition) is 3. The van der Waals surface area contributed by atoms with Crippen molar-refractivity contribution in [3.8, 4) is 0 Å². The van der Waals surface area contributed by atoms with E-state index in [1.54, 1.807) is 29.2 Å². The number of carbonyl (C=O) groups excluding carboxylic acids is 1. The van der Waals surface area contributed by atoms with Crippen molar-refractivity contribution < 1.29 is 4.79 Å². The monoisotopic (exact) mass is 452 g/mol. The molecule has 1 aliphatic rings. The maximum absolute atomic E-state index is 13.3. The van der Waals surface area contributed by atoms with Gasteiger partial charge < -0.3 is 15.2 Å². The van der Waals surface area contributed by atoms with Gasteiger partial charge in [0.25, 0.3) is 5.56 Å². The van der Waals surface area contributed by atoms with E-state index in [2.05, 4.69) is 22.1 Å². The van der Waals surface area contributed by atoms with E-state index in [9.17, 15) is 9.59 Å². The van der Waals surface area contributed by atoms with Gasteiger partial charge in [0.1, 0.15) is 0 Å². The summed E-state index contributed by atoms with van der Waals surface area (Å²) in [6, 6.07) is 15.0. The molecule has 0 saturated carbocycles. The largest absolute Gasteiger partial charge is 0.322 e. The molecule has 0 bridgehead atoms. The third-order valence-corrected chi connectivity index (χ3v) is 6.37. The van der Waals surface area contributed by atoms with E-state index in [1.165, 1.54) is 0 Å². The molecule has 2 heterocycles. The molecule has 2 aromatic carbocycles. The second kappa shape index (κ2) is 9.76. The number of aromatic nitrogens is 1. The van der Waals surface area contributed by atoms with Crippen molar-refractivity contribution in [3.63, 3.8) is 0 Å². The standard InChI is InChI=1S/C25H29ClN4O2/c1-3-29-11-5-8-22(29)16-30(25(32)27-21-7-4-6-20(26)14-21)15-19-13-18-10-9-17(2)12-23(18)28-24(19)31/h4,6-7,9-10,12-14,22H,3,5,8,11,15-16H2,1-2H3,(H,27,32)(H,28,31). The molecule has 1 saturated heterocycles. The Bertz CT molecular complexity index is 1180. The number of likely N-dealkylation sites (tertiary alicyclic amines) is 1. The van der Waals surface area contributed by atoms with Gasteiger partial charge in [-0.25, -0.2) is 4.79 Å². The number of nitrogens with one attached hydrogen (secondary N) is 2. The van der Waals surface area contributed by atoms with E-state index < -0.39 is 0 Å². The minimum Gasteiger partial charge on any atom is -0.322 e. The molecule has 4 rings (SSSR count). The Morgan fingerprint density at radius 2 is 2.09 bits per heavy atom. The smallest absolute Gasteiger partial charge is 0.322 e. The summed E-state index contributed by atoms with van der Waals surface area (Å²) in [5.74, 6) is 0. The molecule has 0 spiro atoms. The fourth-order valence-corrected chi connectivity index (χ4v) is 4.63. The van der Waals surface area contributed by atoms with Crippen LogP contribution in [0.5, 0.6) is 0 Å². The molecule has 1 aliphatic heterocycles. The topological polar surface area (TPSA) is 68.4 Å². The van der Waals surface area contributed by atoms with Crippen molar-refractivity contribution in [2.75, 3.05) is 25.0 Å². The number of rotatable bonds is 6. The van der Waals surface area contributed by atoms with Crippen LogP contribution >= 0.6 is 11.6 Å². The number of aromatic amines is 1. The van der Waals surface area contributed by atoms with E-state index >= 15 is 0 Å². The van der Waals surface area contributed by atoms with Crippen molar-refractivity contribution in [1.82, 2.24) is 14.8 Å². The van der Waals surface area contributed by atoms with Crippen molar-refractivity contribution in [2.45, 2.75) is 39.3 Å². The zero-order valence-corrected chi connectivity index (χ0v) is 19.3. The Kier molecular flexibility index (Phi) is 6.82. The number of carbonyl (C=O) groups is 1. The van der Waals surface area contributed by atoms with E-state index in [0.29, 0.717) is 22.8 Å². The molecule has 7 heteroatoms. The van der Waals surface area contributed by atoms with Gasteiger partial charge in [-0.1, -0.05) is 36.7 Å². The quantitative estimate of drug-likeness (QED) is 0.552. The van der Waals surface area contributed by atoms with Gasteiger partial charge in [0.15, 0.2) is 0 Å². The lowest BCUT2D eigenvalue weighted by atomic mass is 10.1. The summed E-state index contributed by atoms with van der Waals surface area (Å²) in [6.07, 6.45) is 2.17. The average Bonchev–Trinajstić information content (AvgIpc) is 3.21. The molecule has 2 amide bonds. The van der Waals surface area contributed by atoms with E-state index in [-0.39, 0.29) is 24.2 Å². The Morgan fingerprint density at radius 3 is 2.88 bits per heavy atom. The molecule has 1 fully saturated rings. The number of fused-ring (bicyclic) bond motifs is 1. The highest BCUT2D eigenvalue weighted by atomic mass is 35.5. The van der Waals surface area contributed by atoms with Gasteiger partial charge in [0, 0.05) is 34.4 Å². The fraction of sp³-hybridized carbons (Fsp3) is 0.360. The second-order valence-corrected chi connectivity index (χ2v) is 8.90. The first-order valence-corrected chi connectivity index (χ1v) is 11.5. The van der Waals surface area contributed by atoms with Crippen LogP contribution in [0, 0.1) is 6.92 Å². The number of halogens is 1. The molecule has 0 aliphatic carbocycles. The highest BCUT2D eigenvalue weighted by Gasteiger charge is 2.28. The van der Waals surface area contributed by atoms with Crippen molar-refractivity contribution in [1.29, 1.82) is 0 Å². The molecule has 6 nitrogen and oxygen atoms in total. The normalized spacial score (nSPS) is 16.4. The van der Waals surface area contributed by atoms with Crippen molar-refractivity contribution in [2.24, 2.45) is 0 Å². The van der Waals surface area contributed by atoms with Crippen LogP contribution < -0.4 is 10.9 Å². The molecule has 1 unspecified atom stereocenters. The first-order chi connectivity index (χ1) is 15.4. The van der Waals surface area contributed by atoms with Gasteiger partial charge in [-0.3, -0.25) is 9.69 Å².